The SMILES string of the molecule is c1ccc(CN2CCC(Nc3nc4nonc4nc3N3CCOCC3)CC2)cc1. The fourth-order valence-corrected chi connectivity index (χ4v) is 3.99. The van der Waals surface area contributed by atoms with Gasteiger partial charge in [-0.1, -0.05) is 30.3 Å². The van der Waals surface area contributed by atoms with Gasteiger partial charge in [-0.25, -0.2) is 14.6 Å². The van der Waals surface area contributed by atoms with Crippen LogP contribution in [0.5, 0.6) is 0 Å². The van der Waals surface area contributed by atoms with Crippen molar-refractivity contribution in [1.29, 1.82) is 0 Å². The maximum Gasteiger partial charge on any atom is 0.245 e. The molecule has 5 rings (SSSR count). The van der Waals surface area contributed by atoms with Crippen LogP contribution in [0.2, 0.25) is 0 Å². The van der Waals surface area contributed by atoms with Crippen LogP contribution in [0.1, 0.15) is 18.4 Å². The van der Waals surface area contributed by atoms with Crippen LogP contribution in [0.25, 0.3) is 11.3 Å². The van der Waals surface area contributed by atoms with Crippen molar-refractivity contribution in [3.8, 4) is 0 Å². The number of nitrogens with zero attached hydrogens (tertiary/aromatic N) is 6. The van der Waals surface area contributed by atoms with Crippen molar-refractivity contribution in [2.75, 3.05) is 49.6 Å². The normalized spacial score (nSPS) is 19.0. The smallest absolute Gasteiger partial charge is 0.245 e. The molecule has 3 aromatic rings. The molecule has 152 valence electrons. The van der Waals surface area contributed by atoms with E-state index in [1.807, 2.05) is 0 Å². The zero-order chi connectivity index (χ0) is 19.5. The minimum absolute atomic E-state index is 0.355. The van der Waals surface area contributed by atoms with Gasteiger partial charge in [-0.2, -0.15) is 0 Å². The molecule has 1 aromatic carbocycles. The monoisotopic (exact) mass is 395 g/mol. The summed E-state index contributed by atoms with van der Waals surface area (Å²) >= 11 is 0. The van der Waals surface area contributed by atoms with E-state index in [-0.39, 0.29) is 0 Å². The molecule has 2 aliphatic heterocycles. The number of morpholine rings is 1. The molecule has 2 fully saturated rings. The van der Waals surface area contributed by atoms with Crippen molar-refractivity contribution >= 4 is 22.9 Å². The van der Waals surface area contributed by atoms with Gasteiger partial charge in [0.05, 0.1) is 13.2 Å². The summed E-state index contributed by atoms with van der Waals surface area (Å²) in [6.45, 7) is 6.07. The zero-order valence-corrected chi connectivity index (χ0v) is 16.3. The van der Waals surface area contributed by atoms with Gasteiger partial charge < -0.3 is 15.0 Å². The molecule has 1 N–H and O–H groups in total. The number of rotatable bonds is 5. The Kier molecular flexibility index (Phi) is 5.23. The Morgan fingerprint density at radius 1 is 0.931 bits per heavy atom. The van der Waals surface area contributed by atoms with Gasteiger partial charge in [-0.3, -0.25) is 4.90 Å². The van der Waals surface area contributed by atoms with Gasteiger partial charge in [-0.15, -0.1) is 0 Å². The molecule has 29 heavy (non-hydrogen) atoms. The Bertz CT molecular complexity index is 934. The van der Waals surface area contributed by atoms with Gasteiger partial charge in [0, 0.05) is 38.8 Å². The Hall–Kier alpha value is -2.78. The summed E-state index contributed by atoms with van der Waals surface area (Å²) in [5, 5.41) is 11.3. The van der Waals surface area contributed by atoms with Crippen molar-refractivity contribution in [2.24, 2.45) is 0 Å². The molecule has 9 heteroatoms. The number of nitrogens with one attached hydrogen (secondary N) is 1. The van der Waals surface area contributed by atoms with Gasteiger partial charge in [-0.05, 0) is 28.7 Å². The summed E-state index contributed by atoms with van der Waals surface area (Å²) < 4.78 is 10.3. The number of benzene rings is 1. The predicted octanol–water partition coefficient (Wildman–Crippen LogP) is 1.93. The fourth-order valence-electron chi connectivity index (χ4n) is 3.99. The van der Waals surface area contributed by atoms with Crippen LogP contribution in [0, 0.1) is 0 Å². The van der Waals surface area contributed by atoms with E-state index in [0.29, 0.717) is 30.5 Å². The van der Waals surface area contributed by atoms with E-state index < -0.39 is 0 Å². The number of fused-ring (bicyclic) bond motifs is 1. The Morgan fingerprint density at radius 2 is 1.66 bits per heavy atom. The van der Waals surface area contributed by atoms with Crippen LogP contribution in [0.15, 0.2) is 35.0 Å². The third-order valence-corrected chi connectivity index (χ3v) is 5.58. The summed E-state index contributed by atoms with van der Waals surface area (Å²) in [6, 6.07) is 11.0. The molecule has 2 aliphatic rings. The van der Waals surface area contributed by atoms with Crippen molar-refractivity contribution in [2.45, 2.75) is 25.4 Å². The fraction of sp³-hybridized carbons (Fsp3) is 0.500. The summed E-state index contributed by atoms with van der Waals surface area (Å²) in [6.07, 6.45) is 2.12. The predicted molar refractivity (Wildman–Crippen MR) is 109 cm³/mol. The minimum Gasteiger partial charge on any atom is -0.378 e. The number of likely N-dealkylation sites (tertiary alicyclic amines) is 1. The standard InChI is InChI=1S/C20H25N7O2/c1-2-4-15(5-3-1)14-26-8-6-16(7-9-26)21-19-20(27-10-12-28-13-11-27)23-18-17(22-19)24-29-25-18/h1-5,16H,6-14H2,(H,21,22,24). The lowest BCUT2D eigenvalue weighted by atomic mass is 10.0. The largest absolute Gasteiger partial charge is 0.378 e. The number of anilines is 2. The van der Waals surface area contributed by atoms with Gasteiger partial charge in [0.25, 0.3) is 0 Å². The quantitative estimate of drug-likeness (QED) is 0.695. The van der Waals surface area contributed by atoms with E-state index in [4.69, 9.17) is 9.37 Å². The Morgan fingerprint density at radius 3 is 2.41 bits per heavy atom. The highest BCUT2D eigenvalue weighted by Crippen LogP contribution is 2.27. The first-order valence-electron chi connectivity index (χ1n) is 10.2. The molecular formula is C20H25N7O2. The van der Waals surface area contributed by atoms with Gasteiger partial charge >= 0.3 is 0 Å². The van der Waals surface area contributed by atoms with E-state index in [2.05, 4.69) is 65.7 Å². The molecule has 0 spiro atoms. The average Bonchev–Trinajstić information content (AvgIpc) is 3.23. The maximum atomic E-state index is 5.48. The third-order valence-electron chi connectivity index (χ3n) is 5.58. The average molecular weight is 395 g/mol. The van der Waals surface area contributed by atoms with Gasteiger partial charge in [0.2, 0.25) is 11.3 Å². The molecule has 0 radical (unpaired) electrons. The summed E-state index contributed by atoms with van der Waals surface area (Å²) in [7, 11) is 0. The molecule has 0 amide bonds. The van der Waals surface area contributed by atoms with E-state index in [1.54, 1.807) is 0 Å². The highest BCUT2D eigenvalue weighted by Gasteiger charge is 2.24. The molecule has 0 aliphatic carbocycles. The lowest BCUT2D eigenvalue weighted by Crippen LogP contribution is -2.40. The van der Waals surface area contributed by atoms with Crippen molar-refractivity contribution in [1.82, 2.24) is 25.2 Å². The summed E-state index contributed by atoms with van der Waals surface area (Å²) in [4.78, 5) is 14.0. The van der Waals surface area contributed by atoms with E-state index in [0.717, 1.165) is 57.2 Å². The molecule has 2 saturated heterocycles. The Labute approximate surface area is 169 Å². The van der Waals surface area contributed by atoms with Crippen LogP contribution in [-0.4, -0.2) is 70.6 Å². The van der Waals surface area contributed by atoms with E-state index in [1.165, 1.54) is 5.56 Å². The first-order valence-corrected chi connectivity index (χ1v) is 10.2. The summed E-state index contributed by atoms with van der Waals surface area (Å²) in [5.74, 6) is 1.57. The second-order valence-corrected chi connectivity index (χ2v) is 7.59. The van der Waals surface area contributed by atoms with Crippen LogP contribution in [-0.2, 0) is 11.3 Å². The first-order chi connectivity index (χ1) is 14.3. The molecule has 0 bridgehead atoms. The van der Waals surface area contributed by atoms with E-state index >= 15 is 0 Å². The van der Waals surface area contributed by atoms with Crippen molar-refractivity contribution < 1.29 is 9.37 Å². The second kappa shape index (κ2) is 8.30. The van der Waals surface area contributed by atoms with Crippen LogP contribution >= 0.6 is 0 Å². The molecule has 0 atom stereocenters. The maximum absolute atomic E-state index is 5.48. The van der Waals surface area contributed by atoms with Gasteiger partial charge in [0.1, 0.15) is 0 Å². The molecule has 9 nitrogen and oxygen atoms in total. The first kappa shape index (κ1) is 18.3. The second-order valence-electron chi connectivity index (χ2n) is 7.59. The van der Waals surface area contributed by atoms with Crippen molar-refractivity contribution in [3.63, 3.8) is 0 Å². The molecule has 2 aromatic heterocycles. The number of ether oxygens (including phenoxy) is 1. The van der Waals surface area contributed by atoms with Crippen molar-refractivity contribution in [3.05, 3.63) is 35.9 Å². The van der Waals surface area contributed by atoms with E-state index in [9.17, 15) is 0 Å². The molecule has 4 heterocycles. The Balaban J connectivity index is 1.27. The lowest BCUT2D eigenvalue weighted by molar-refractivity contribution is 0.122. The summed E-state index contributed by atoms with van der Waals surface area (Å²) in [5.41, 5.74) is 2.24. The number of piperidine rings is 1. The minimum atomic E-state index is 0.355. The van der Waals surface area contributed by atoms with Gasteiger partial charge in [0.15, 0.2) is 11.6 Å². The lowest BCUT2D eigenvalue weighted by Gasteiger charge is -2.34. The molecule has 0 unspecified atom stereocenters. The third kappa shape index (κ3) is 4.15. The van der Waals surface area contributed by atoms with Crippen LogP contribution < -0.4 is 10.2 Å². The number of hydrogen-bond acceptors (Lipinski definition) is 9. The van der Waals surface area contributed by atoms with Crippen LogP contribution in [0.4, 0.5) is 11.6 Å². The number of hydrogen-bond donors (Lipinski definition) is 1. The topological polar surface area (TPSA) is 92.4 Å². The number of aromatic nitrogens is 4. The highest BCUT2D eigenvalue weighted by atomic mass is 16.6. The molecule has 0 saturated carbocycles. The van der Waals surface area contributed by atoms with Crippen LogP contribution in [0.3, 0.4) is 0 Å². The molecular weight excluding hydrogens is 370 g/mol. The zero-order valence-electron chi connectivity index (χ0n) is 16.3. The highest BCUT2D eigenvalue weighted by molar-refractivity contribution is 5.74.